The molecule has 2 aromatic carbocycles. The van der Waals surface area contributed by atoms with Gasteiger partial charge in [0.15, 0.2) is 0 Å². The molecule has 10 rings (SSSR count). The predicted octanol–water partition coefficient (Wildman–Crippen LogP) is 21.9. The van der Waals surface area contributed by atoms with Crippen molar-refractivity contribution in [2.75, 3.05) is 0 Å². The second-order valence-corrected chi connectivity index (χ2v) is 33.5. The van der Waals surface area contributed by atoms with Gasteiger partial charge in [-0.05, 0) is 227 Å². The third-order valence-electron chi connectivity index (χ3n) is 19.8. The van der Waals surface area contributed by atoms with E-state index in [9.17, 15) is 0 Å². The second-order valence-electron chi connectivity index (χ2n) is 26.6. The average Bonchev–Trinajstić information content (AvgIpc) is 4.15. The maximum absolute atomic E-state index is 5.83. The summed E-state index contributed by atoms with van der Waals surface area (Å²) in [5.41, 5.74) is 8.60. The molecule has 83 heavy (non-hydrogen) atoms. The first-order valence-electron chi connectivity index (χ1n) is 32.6. The van der Waals surface area contributed by atoms with Crippen LogP contribution in [0.5, 0.6) is 0 Å². The number of rotatable bonds is 14. The maximum atomic E-state index is 5.83. The number of hydrogen-bond acceptors (Lipinski definition) is 6. The van der Waals surface area contributed by atoms with Gasteiger partial charge in [-0.3, -0.25) is 0 Å². The summed E-state index contributed by atoms with van der Waals surface area (Å²) in [6.45, 7) is 24.5. The van der Waals surface area contributed by atoms with Gasteiger partial charge < -0.3 is 28.1 Å². The van der Waals surface area contributed by atoms with Crippen LogP contribution < -0.4 is 0 Å². The van der Waals surface area contributed by atoms with Crippen LogP contribution in [0.3, 0.4) is 0 Å². The Hall–Kier alpha value is 0.647. The first-order valence-corrected chi connectivity index (χ1v) is 43.4. The van der Waals surface area contributed by atoms with Crippen LogP contribution >= 0.6 is 57.7 Å². The summed E-state index contributed by atoms with van der Waals surface area (Å²) in [4.78, 5) is 0. The van der Waals surface area contributed by atoms with E-state index < -0.39 is 0 Å². The molecule has 0 N–H and O–H groups in total. The molecule has 0 unspecified atom stereocenters. The zero-order valence-electron chi connectivity index (χ0n) is 53.1. The van der Waals surface area contributed by atoms with Crippen molar-refractivity contribution in [1.82, 2.24) is 0 Å². The van der Waals surface area contributed by atoms with Crippen molar-refractivity contribution in [2.45, 2.75) is 318 Å². The van der Waals surface area contributed by atoms with Crippen LogP contribution in [0.1, 0.15) is 259 Å². The fourth-order valence-electron chi connectivity index (χ4n) is 14.1. The fourth-order valence-corrected chi connectivity index (χ4v) is 24.6. The molecule has 15 heteroatoms. The molecule has 0 amide bonds. The van der Waals surface area contributed by atoms with Gasteiger partial charge >= 0.3 is 75.8 Å². The quantitative estimate of drug-likeness (QED) is 0.0813. The van der Waals surface area contributed by atoms with E-state index in [4.69, 9.17) is 28.1 Å². The number of halogens is 3. The molecule has 0 radical (unpaired) electrons. The van der Waals surface area contributed by atoms with E-state index in [1.165, 1.54) is 45.8 Å². The molecule has 8 aliphatic rings. The van der Waals surface area contributed by atoms with Crippen molar-refractivity contribution in [3.05, 3.63) is 109 Å². The van der Waals surface area contributed by atoms with Crippen molar-refractivity contribution >= 4 is 71.9 Å². The first-order chi connectivity index (χ1) is 39.6. The summed E-state index contributed by atoms with van der Waals surface area (Å²) in [6.07, 6.45) is 50.7. The summed E-state index contributed by atoms with van der Waals surface area (Å²) in [5.74, 6) is 3.48. The van der Waals surface area contributed by atoms with Crippen LogP contribution in [-0.2, 0) is 73.4 Å². The van der Waals surface area contributed by atoms with Gasteiger partial charge in [0.05, 0.1) is 68.9 Å². The molecule has 8 fully saturated rings. The van der Waals surface area contributed by atoms with E-state index in [0.717, 1.165) is 5.56 Å². The van der Waals surface area contributed by atoms with Crippen molar-refractivity contribution in [3.63, 3.8) is 0 Å². The third kappa shape index (κ3) is 27.6. The van der Waals surface area contributed by atoms with Gasteiger partial charge in [0.1, 0.15) is 13.2 Å². The summed E-state index contributed by atoms with van der Waals surface area (Å²) < 4.78 is 33.3. The Morgan fingerprint density at radius 3 is 0.916 bits per heavy atom. The third-order valence-corrected chi connectivity index (χ3v) is 29.0. The Kier molecular flexibility index (Phi) is 40.7. The van der Waals surface area contributed by atoms with Crippen LogP contribution in [0.4, 0.5) is 0 Å². The van der Waals surface area contributed by atoms with Crippen molar-refractivity contribution < 1.29 is 60.2 Å². The van der Waals surface area contributed by atoms with Crippen LogP contribution in [0.2, 0.25) is 0 Å². The molecule has 0 spiro atoms. The molecule has 2 heterocycles. The Morgan fingerprint density at radius 1 is 0.446 bits per heavy atom. The van der Waals surface area contributed by atoms with E-state index in [-0.39, 0.29) is 64.9 Å². The Morgan fingerprint density at radius 2 is 0.687 bits per heavy atom. The van der Waals surface area contributed by atoms with E-state index >= 15 is 0 Å². The fraction of sp³-hybridized carbons (Fsp3) is 0.735. The van der Waals surface area contributed by atoms with Gasteiger partial charge in [0.25, 0.3) is 0 Å². The number of hydrogen-bond donors (Lipinski definition) is 0. The van der Waals surface area contributed by atoms with E-state index in [0.29, 0.717) is 13.2 Å². The molecule has 6 saturated carbocycles. The normalized spacial score (nSPS) is 22.8. The summed E-state index contributed by atoms with van der Waals surface area (Å²) in [6, 6.07) is 20.0. The van der Waals surface area contributed by atoms with Crippen LogP contribution in [0.15, 0.2) is 98.3 Å². The Balaban J connectivity index is 0.000000273. The molecule has 0 bridgehead atoms. The standard InChI is InChI=1S/2C18H33P.C15H21BO3.C9H10O.C8H15BO2.2ClH.HI.2Ru/c2*1-4-10-16(11-5-1)19(17-12-6-2-7-13-17)18-14-8-3-9-15-18;1-14(2)15(3,4)19-16(18-14)10-11-17-12-13-8-6-5-7-9-13;1-2-10-8-9-6-4-3-5-7-9;1-6-9-10-7(2,3)8(4,5)11-9;;;;;/h2*16-18H,1-15H2;5-11H,12H2,1-4H3;2-7H,1,8H2;6H,1H2,2-5H3;3*1H;;/q;;;;;;;;2*+1/b;;11-10+;;;;;;;. The van der Waals surface area contributed by atoms with E-state index in [1.807, 2.05) is 133 Å². The molecular formula is C68H115B2Cl2IO6P2Ru2+2. The molecule has 0 atom stereocenters. The second kappa shape index (κ2) is 43.4. The van der Waals surface area contributed by atoms with Gasteiger partial charge in [-0.1, -0.05) is 112 Å². The summed E-state index contributed by atoms with van der Waals surface area (Å²) in [7, 11) is 3.88. The van der Waals surface area contributed by atoms with Crippen molar-refractivity contribution in [2.24, 2.45) is 0 Å². The molecule has 6 nitrogen and oxygen atoms in total. The SMILES string of the molecule is C1CCC([PH+](C2CCCCC2)C2CCCCC2)CC1.C1CCC([PH+](C2CCCCC2)C2CCCCC2)CC1.C=CB1OC(C)(C)C(C)(C)O1.C=COCc1ccccc1.CC1(C)OB(/C=C/OCc2ccccc2)OC1(C)C.Cl.[Cl][Ru].[Ru][I]. The van der Waals surface area contributed by atoms with Gasteiger partial charge in [-0.15, -0.1) is 19.0 Å². The molecule has 0 aromatic heterocycles. The topological polar surface area (TPSA) is 55.4 Å². The summed E-state index contributed by atoms with van der Waals surface area (Å²) in [5, 5.41) is 0. The molecular weight excluding hydrogens is 1400 g/mol. The van der Waals surface area contributed by atoms with Crippen LogP contribution in [0, 0.1) is 0 Å². The zero-order valence-corrected chi connectivity index (χ0v) is 62.3. The molecule has 474 valence electrons. The predicted molar refractivity (Wildman–Crippen MR) is 369 cm³/mol. The number of ether oxygens (including phenoxy) is 2. The first kappa shape index (κ1) is 77.9. The molecule has 2 aromatic rings. The van der Waals surface area contributed by atoms with Gasteiger partial charge in [-0.2, -0.15) is 0 Å². The van der Waals surface area contributed by atoms with Crippen molar-refractivity contribution in [1.29, 1.82) is 0 Å². The van der Waals surface area contributed by atoms with Gasteiger partial charge in [0, 0.05) is 15.8 Å². The number of benzene rings is 2. The minimum absolute atomic E-state index is 0. The zero-order chi connectivity index (χ0) is 59.7. The Labute approximate surface area is 554 Å². The molecule has 6 aliphatic carbocycles. The molecule has 2 aliphatic heterocycles. The average molecular weight is 1510 g/mol. The monoisotopic (exact) mass is 1510 g/mol. The van der Waals surface area contributed by atoms with Gasteiger partial charge in [-0.25, -0.2) is 0 Å². The van der Waals surface area contributed by atoms with Crippen LogP contribution in [-0.4, -0.2) is 70.6 Å². The Bertz CT molecular complexity index is 1810. The van der Waals surface area contributed by atoms with Gasteiger partial charge in [0.2, 0.25) is 0 Å². The van der Waals surface area contributed by atoms with E-state index in [1.54, 1.807) is 211 Å². The van der Waals surface area contributed by atoms with Crippen molar-refractivity contribution in [3.8, 4) is 0 Å². The van der Waals surface area contributed by atoms with Crippen LogP contribution in [0.25, 0.3) is 0 Å². The van der Waals surface area contributed by atoms with E-state index in [2.05, 4.69) is 57.4 Å². The minimum atomic E-state index is -0.347. The molecule has 2 saturated heterocycles. The summed E-state index contributed by atoms with van der Waals surface area (Å²) >= 11 is 6.22.